The SMILES string of the molecule is NC1(C(=O)Nc2nnc(-c3cccc(Cl)c3)s2)CC1. The molecule has 0 bridgehead atoms. The molecule has 0 aliphatic heterocycles. The third kappa shape index (κ3) is 2.60. The van der Waals surface area contributed by atoms with E-state index in [0.717, 1.165) is 18.4 Å². The van der Waals surface area contributed by atoms with Crippen LogP contribution in [0.15, 0.2) is 24.3 Å². The Balaban J connectivity index is 1.78. The molecule has 19 heavy (non-hydrogen) atoms. The summed E-state index contributed by atoms with van der Waals surface area (Å²) in [6.07, 6.45) is 1.44. The highest BCUT2D eigenvalue weighted by atomic mass is 35.5. The van der Waals surface area contributed by atoms with E-state index in [1.54, 1.807) is 12.1 Å². The topological polar surface area (TPSA) is 80.9 Å². The van der Waals surface area contributed by atoms with Crippen molar-refractivity contribution < 1.29 is 4.79 Å². The molecule has 2 aromatic rings. The first-order valence-corrected chi connectivity index (χ1v) is 6.96. The number of amides is 1. The van der Waals surface area contributed by atoms with Crippen LogP contribution >= 0.6 is 22.9 Å². The lowest BCUT2D eigenvalue weighted by Gasteiger charge is -2.05. The summed E-state index contributed by atoms with van der Waals surface area (Å²) in [5, 5.41) is 12.5. The van der Waals surface area contributed by atoms with Crippen LogP contribution in [0.5, 0.6) is 0 Å². The van der Waals surface area contributed by atoms with Gasteiger partial charge in [0.15, 0.2) is 0 Å². The van der Waals surface area contributed by atoms with Crippen LogP contribution in [-0.2, 0) is 4.79 Å². The Labute approximate surface area is 118 Å². The molecule has 3 rings (SSSR count). The molecule has 1 amide bonds. The molecule has 0 unspecified atom stereocenters. The van der Waals surface area contributed by atoms with Crippen LogP contribution in [-0.4, -0.2) is 21.6 Å². The normalized spacial score (nSPS) is 16.1. The van der Waals surface area contributed by atoms with Gasteiger partial charge in [0, 0.05) is 10.6 Å². The van der Waals surface area contributed by atoms with Gasteiger partial charge in [-0.2, -0.15) is 0 Å². The van der Waals surface area contributed by atoms with Gasteiger partial charge in [0.25, 0.3) is 0 Å². The van der Waals surface area contributed by atoms with Crippen LogP contribution in [0.2, 0.25) is 5.02 Å². The number of rotatable bonds is 3. The van der Waals surface area contributed by atoms with Gasteiger partial charge in [-0.3, -0.25) is 10.1 Å². The Hall–Kier alpha value is -1.50. The lowest BCUT2D eigenvalue weighted by Crippen LogP contribution is -2.37. The number of nitrogens with zero attached hydrogens (tertiary/aromatic N) is 2. The molecule has 1 saturated carbocycles. The largest absolute Gasteiger partial charge is 0.317 e. The molecule has 3 N–H and O–H groups in total. The summed E-state index contributed by atoms with van der Waals surface area (Å²) >= 11 is 7.22. The van der Waals surface area contributed by atoms with E-state index < -0.39 is 5.54 Å². The molecule has 1 fully saturated rings. The van der Waals surface area contributed by atoms with E-state index in [1.165, 1.54) is 11.3 Å². The molecule has 98 valence electrons. The second-order valence-corrected chi connectivity index (χ2v) is 5.95. The first kappa shape index (κ1) is 12.5. The van der Waals surface area contributed by atoms with Crippen LogP contribution in [0.3, 0.4) is 0 Å². The maximum atomic E-state index is 11.8. The van der Waals surface area contributed by atoms with Crippen LogP contribution in [0.4, 0.5) is 5.13 Å². The van der Waals surface area contributed by atoms with Crippen molar-refractivity contribution in [1.29, 1.82) is 0 Å². The van der Waals surface area contributed by atoms with Crippen LogP contribution in [0.25, 0.3) is 10.6 Å². The number of hydrogen-bond donors (Lipinski definition) is 2. The van der Waals surface area contributed by atoms with Gasteiger partial charge in [0.2, 0.25) is 11.0 Å². The minimum absolute atomic E-state index is 0.193. The van der Waals surface area contributed by atoms with E-state index in [9.17, 15) is 4.79 Å². The Morgan fingerprint density at radius 1 is 1.42 bits per heavy atom. The Kier molecular flexibility index (Phi) is 3.00. The predicted molar refractivity (Wildman–Crippen MR) is 75.1 cm³/mol. The molecule has 0 radical (unpaired) electrons. The van der Waals surface area contributed by atoms with E-state index in [1.807, 2.05) is 12.1 Å². The third-order valence-corrected chi connectivity index (χ3v) is 4.08. The zero-order chi connectivity index (χ0) is 13.5. The number of hydrogen-bond acceptors (Lipinski definition) is 5. The van der Waals surface area contributed by atoms with Gasteiger partial charge in [-0.25, -0.2) is 0 Å². The van der Waals surface area contributed by atoms with Gasteiger partial charge >= 0.3 is 0 Å². The third-order valence-electron chi connectivity index (χ3n) is 2.96. The van der Waals surface area contributed by atoms with Gasteiger partial charge in [-0.05, 0) is 25.0 Å². The summed E-state index contributed by atoms with van der Waals surface area (Å²) in [6.45, 7) is 0. The fourth-order valence-electron chi connectivity index (χ4n) is 1.60. The monoisotopic (exact) mass is 294 g/mol. The number of carbonyl (C=O) groups is 1. The maximum absolute atomic E-state index is 11.8. The highest BCUT2D eigenvalue weighted by Gasteiger charge is 2.46. The number of anilines is 1. The summed E-state index contributed by atoms with van der Waals surface area (Å²) in [4.78, 5) is 11.8. The average Bonchev–Trinajstić information content (AvgIpc) is 2.97. The second kappa shape index (κ2) is 4.56. The molecule has 0 saturated heterocycles. The van der Waals surface area contributed by atoms with E-state index in [2.05, 4.69) is 15.5 Å². The van der Waals surface area contributed by atoms with E-state index in [4.69, 9.17) is 17.3 Å². The fourth-order valence-corrected chi connectivity index (χ4v) is 2.52. The van der Waals surface area contributed by atoms with E-state index >= 15 is 0 Å². The summed E-state index contributed by atoms with van der Waals surface area (Å²) < 4.78 is 0. The summed E-state index contributed by atoms with van der Waals surface area (Å²) in [5.74, 6) is -0.193. The van der Waals surface area contributed by atoms with Crippen molar-refractivity contribution in [2.24, 2.45) is 5.73 Å². The predicted octanol–water partition coefficient (Wildman–Crippen LogP) is 2.29. The molecule has 0 spiro atoms. The van der Waals surface area contributed by atoms with Crippen molar-refractivity contribution >= 4 is 34.0 Å². The molecule has 1 aromatic heterocycles. The van der Waals surface area contributed by atoms with Gasteiger partial charge < -0.3 is 5.73 Å². The van der Waals surface area contributed by atoms with Gasteiger partial charge in [-0.1, -0.05) is 35.1 Å². The minimum atomic E-state index is -0.706. The van der Waals surface area contributed by atoms with Crippen LogP contribution < -0.4 is 11.1 Å². The Bertz CT molecular complexity index is 638. The Morgan fingerprint density at radius 3 is 2.89 bits per heavy atom. The molecule has 1 heterocycles. The van der Waals surface area contributed by atoms with E-state index in [-0.39, 0.29) is 5.91 Å². The molecule has 5 nitrogen and oxygen atoms in total. The molecular weight excluding hydrogens is 284 g/mol. The quantitative estimate of drug-likeness (QED) is 0.910. The number of nitrogens with one attached hydrogen (secondary N) is 1. The zero-order valence-electron chi connectivity index (χ0n) is 9.89. The highest BCUT2D eigenvalue weighted by molar-refractivity contribution is 7.18. The number of aromatic nitrogens is 2. The first-order chi connectivity index (χ1) is 9.07. The van der Waals surface area contributed by atoms with Crippen LogP contribution in [0, 0.1) is 0 Å². The standard InChI is InChI=1S/C12H11ClN4OS/c13-8-3-1-2-7(6-8)9-16-17-11(19-9)15-10(18)12(14)4-5-12/h1-3,6H,4-5,14H2,(H,15,17,18). The fraction of sp³-hybridized carbons (Fsp3) is 0.250. The zero-order valence-corrected chi connectivity index (χ0v) is 11.5. The van der Waals surface area contributed by atoms with Crippen LogP contribution in [0.1, 0.15) is 12.8 Å². The Morgan fingerprint density at radius 2 is 2.21 bits per heavy atom. The molecule has 0 atom stereocenters. The lowest BCUT2D eigenvalue weighted by molar-refractivity contribution is -0.118. The summed E-state index contributed by atoms with van der Waals surface area (Å²) in [7, 11) is 0. The number of carbonyl (C=O) groups excluding carboxylic acids is 1. The minimum Gasteiger partial charge on any atom is -0.317 e. The van der Waals surface area contributed by atoms with Gasteiger partial charge in [0.1, 0.15) is 5.01 Å². The summed E-state index contributed by atoms with van der Waals surface area (Å²) in [6, 6.07) is 7.33. The van der Waals surface area contributed by atoms with Crippen molar-refractivity contribution in [2.75, 3.05) is 5.32 Å². The molecule has 1 aliphatic carbocycles. The first-order valence-electron chi connectivity index (χ1n) is 5.77. The van der Waals surface area contributed by atoms with Crippen molar-refractivity contribution in [1.82, 2.24) is 10.2 Å². The van der Waals surface area contributed by atoms with Gasteiger partial charge in [-0.15, -0.1) is 10.2 Å². The molecule has 1 aromatic carbocycles. The van der Waals surface area contributed by atoms with Crippen molar-refractivity contribution in [3.05, 3.63) is 29.3 Å². The molecule has 1 aliphatic rings. The van der Waals surface area contributed by atoms with Crippen molar-refractivity contribution in [2.45, 2.75) is 18.4 Å². The number of halogens is 1. The smallest absolute Gasteiger partial charge is 0.246 e. The van der Waals surface area contributed by atoms with Gasteiger partial charge in [0.05, 0.1) is 5.54 Å². The number of benzene rings is 1. The van der Waals surface area contributed by atoms with E-state index in [0.29, 0.717) is 15.2 Å². The molecular formula is C12H11ClN4OS. The average molecular weight is 295 g/mol. The maximum Gasteiger partial charge on any atom is 0.246 e. The lowest BCUT2D eigenvalue weighted by atomic mass is 10.2. The van der Waals surface area contributed by atoms with Crippen molar-refractivity contribution in [3.8, 4) is 10.6 Å². The highest BCUT2D eigenvalue weighted by Crippen LogP contribution is 2.34. The number of nitrogens with two attached hydrogens (primary N) is 1. The molecule has 7 heteroatoms. The summed E-state index contributed by atoms with van der Waals surface area (Å²) in [5.41, 5.74) is 5.97. The second-order valence-electron chi connectivity index (χ2n) is 4.53. The van der Waals surface area contributed by atoms with Crippen molar-refractivity contribution in [3.63, 3.8) is 0 Å².